The smallest absolute Gasteiger partial charge is 0.297 e. The van der Waals surface area contributed by atoms with Crippen molar-refractivity contribution in [2.75, 3.05) is 38.6 Å². The molecule has 0 aliphatic carbocycles. The number of aromatic nitrogens is 1. The second-order valence-electron chi connectivity index (χ2n) is 6.76. The topological polar surface area (TPSA) is 61.6 Å². The molecule has 6 heteroatoms. The lowest BCUT2D eigenvalue weighted by Crippen LogP contribution is -2.57. The lowest BCUT2D eigenvalue weighted by atomic mass is 9.84. The first-order valence-electron chi connectivity index (χ1n) is 8.22. The number of benzene rings is 1. The molecule has 1 aromatic carbocycles. The number of amides is 1. The van der Waals surface area contributed by atoms with Crippen molar-refractivity contribution in [3.8, 4) is 0 Å². The Morgan fingerprint density at radius 3 is 2.78 bits per heavy atom. The lowest BCUT2D eigenvalue weighted by molar-refractivity contribution is 0.0621. The van der Waals surface area contributed by atoms with E-state index in [0.717, 1.165) is 6.54 Å². The number of carbonyl (C=O) groups excluding carboxylic acids is 1. The zero-order valence-corrected chi connectivity index (χ0v) is 13.6. The highest BCUT2D eigenvalue weighted by atomic mass is 16.4. The van der Waals surface area contributed by atoms with E-state index in [-0.39, 0.29) is 11.9 Å². The molecule has 3 fully saturated rings. The van der Waals surface area contributed by atoms with Crippen molar-refractivity contribution in [2.45, 2.75) is 18.9 Å². The van der Waals surface area contributed by atoms with Crippen LogP contribution in [0.4, 0.5) is 6.01 Å². The van der Waals surface area contributed by atoms with Gasteiger partial charge < -0.3 is 19.5 Å². The van der Waals surface area contributed by atoms with Crippen molar-refractivity contribution >= 4 is 23.0 Å². The summed E-state index contributed by atoms with van der Waals surface area (Å²) in [5.41, 5.74) is 1.88. The van der Waals surface area contributed by atoms with Gasteiger partial charge in [0.15, 0.2) is 5.58 Å². The van der Waals surface area contributed by atoms with E-state index in [1.165, 1.54) is 25.9 Å². The number of anilines is 1. The van der Waals surface area contributed by atoms with Crippen molar-refractivity contribution in [1.29, 1.82) is 0 Å². The quantitative estimate of drug-likeness (QED) is 0.934. The highest BCUT2D eigenvalue weighted by Gasteiger charge is 2.35. The van der Waals surface area contributed by atoms with Crippen LogP contribution < -0.4 is 10.2 Å². The van der Waals surface area contributed by atoms with E-state index in [0.29, 0.717) is 28.6 Å². The maximum absolute atomic E-state index is 12.8. The third-order valence-corrected chi connectivity index (χ3v) is 5.01. The lowest BCUT2D eigenvalue weighted by Gasteiger charge is -2.44. The minimum absolute atomic E-state index is 0.0482. The summed E-state index contributed by atoms with van der Waals surface area (Å²) >= 11 is 0. The molecule has 1 aromatic heterocycles. The minimum Gasteiger partial charge on any atom is -0.423 e. The van der Waals surface area contributed by atoms with Gasteiger partial charge in [0.2, 0.25) is 0 Å². The number of piperidine rings is 3. The summed E-state index contributed by atoms with van der Waals surface area (Å²) in [5, 5.41) is 3.22. The SMILES string of the molecule is CN(C)c1nc2c(C(=O)NC3CN4CCC3CC4)cccc2o1. The van der Waals surface area contributed by atoms with Crippen LogP contribution in [-0.2, 0) is 0 Å². The summed E-state index contributed by atoms with van der Waals surface area (Å²) in [5.74, 6) is 0.561. The van der Waals surface area contributed by atoms with Crippen molar-refractivity contribution in [2.24, 2.45) is 5.92 Å². The van der Waals surface area contributed by atoms with E-state index < -0.39 is 0 Å². The maximum atomic E-state index is 12.8. The van der Waals surface area contributed by atoms with Gasteiger partial charge >= 0.3 is 0 Å². The third kappa shape index (κ3) is 2.57. The number of hydrogen-bond donors (Lipinski definition) is 1. The molecule has 0 spiro atoms. The van der Waals surface area contributed by atoms with E-state index in [1.807, 2.05) is 32.3 Å². The normalized spacial score (nSPS) is 26.4. The largest absolute Gasteiger partial charge is 0.423 e. The molecule has 3 aliphatic heterocycles. The summed E-state index contributed by atoms with van der Waals surface area (Å²) in [6.45, 7) is 3.30. The monoisotopic (exact) mass is 314 g/mol. The molecule has 6 nitrogen and oxygen atoms in total. The van der Waals surface area contributed by atoms with Crippen LogP contribution in [0.5, 0.6) is 0 Å². The first kappa shape index (κ1) is 14.5. The molecule has 0 radical (unpaired) electrons. The first-order valence-corrected chi connectivity index (χ1v) is 8.22. The Hall–Kier alpha value is -2.08. The predicted molar refractivity (Wildman–Crippen MR) is 88.8 cm³/mol. The summed E-state index contributed by atoms with van der Waals surface area (Å²) in [4.78, 5) is 21.5. The molecule has 122 valence electrons. The van der Waals surface area contributed by atoms with Gasteiger partial charge in [0.05, 0.1) is 5.56 Å². The number of nitrogens with zero attached hydrogens (tertiary/aromatic N) is 3. The Bertz CT molecular complexity index is 731. The Morgan fingerprint density at radius 2 is 2.13 bits per heavy atom. The van der Waals surface area contributed by atoms with E-state index in [1.54, 1.807) is 4.90 Å². The number of fused-ring (bicyclic) bond motifs is 4. The van der Waals surface area contributed by atoms with Crippen molar-refractivity contribution in [1.82, 2.24) is 15.2 Å². The van der Waals surface area contributed by atoms with Gasteiger partial charge in [0, 0.05) is 26.7 Å². The van der Waals surface area contributed by atoms with Crippen LogP contribution in [0.1, 0.15) is 23.2 Å². The van der Waals surface area contributed by atoms with Crippen LogP contribution in [0.3, 0.4) is 0 Å². The van der Waals surface area contributed by atoms with Gasteiger partial charge in [0.1, 0.15) is 5.52 Å². The van der Waals surface area contributed by atoms with E-state index in [2.05, 4.69) is 15.2 Å². The average molecular weight is 314 g/mol. The minimum atomic E-state index is -0.0482. The van der Waals surface area contributed by atoms with E-state index >= 15 is 0 Å². The molecule has 23 heavy (non-hydrogen) atoms. The van der Waals surface area contributed by atoms with Gasteiger partial charge in [-0.2, -0.15) is 4.98 Å². The van der Waals surface area contributed by atoms with Crippen LogP contribution in [0, 0.1) is 5.92 Å². The second kappa shape index (κ2) is 5.53. The number of rotatable bonds is 3. The van der Waals surface area contributed by atoms with Crippen LogP contribution in [0.25, 0.3) is 11.1 Å². The molecular formula is C17H22N4O2. The van der Waals surface area contributed by atoms with Gasteiger partial charge in [-0.05, 0) is 44.0 Å². The van der Waals surface area contributed by atoms with Crippen LogP contribution in [-0.4, -0.2) is 55.6 Å². The summed E-state index contributed by atoms with van der Waals surface area (Å²) < 4.78 is 5.69. The van der Waals surface area contributed by atoms with E-state index in [4.69, 9.17) is 4.42 Å². The Kier molecular flexibility index (Phi) is 3.49. The molecule has 1 N–H and O–H groups in total. The molecule has 1 atom stereocenters. The number of carbonyl (C=O) groups is 1. The Balaban J connectivity index is 1.59. The fourth-order valence-electron chi connectivity index (χ4n) is 3.69. The standard InChI is InChI=1S/C17H22N4O2/c1-20(2)17-19-15-12(4-3-5-14(15)23-17)16(22)18-13-10-21-8-6-11(13)7-9-21/h3-5,11,13H,6-10H2,1-2H3,(H,18,22). The molecular weight excluding hydrogens is 292 g/mol. The van der Waals surface area contributed by atoms with Crippen LogP contribution >= 0.6 is 0 Å². The molecule has 4 heterocycles. The van der Waals surface area contributed by atoms with E-state index in [9.17, 15) is 4.79 Å². The van der Waals surface area contributed by atoms with Crippen molar-refractivity contribution in [3.63, 3.8) is 0 Å². The molecule has 1 amide bonds. The Morgan fingerprint density at radius 1 is 1.35 bits per heavy atom. The molecule has 1 unspecified atom stereocenters. The fraction of sp³-hybridized carbons (Fsp3) is 0.529. The van der Waals surface area contributed by atoms with Crippen molar-refractivity contribution < 1.29 is 9.21 Å². The average Bonchev–Trinajstić information content (AvgIpc) is 3.00. The van der Waals surface area contributed by atoms with Gasteiger partial charge in [-0.3, -0.25) is 4.79 Å². The zero-order valence-electron chi connectivity index (χ0n) is 13.6. The molecule has 0 saturated carbocycles. The Labute approximate surface area is 135 Å². The summed E-state index contributed by atoms with van der Waals surface area (Å²) in [6.07, 6.45) is 2.37. The highest BCUT2D eigenvalue weighted by Crippen LogP contribution is 2.28. The second-order valence-corrected chi connectivity index (χ2v) is 6.76. The summed E-state index contributed by atoms with van der Waals surface area (Å²) in [7, 11) is 3.75. The molecule has 5 rings (SSSR count). The van der Waals surface area contributed by atoms with Gasteiger partial charge in [0.25, 0.3) is 11.9 Å². The number of nitrogens with one attached hydrogen (secondary N) is 1. The zero-order chi connectivity index (χ0) is 16.0. The number of para-hydroxylation sites is 1. The first-order chi connectivity index (χ1) is 11.1. The van der Waals surface area contributed by atoms with Gasteiger partial charge in [-0.25, -0.2) is 0 Å². The van der Waals surface area contributed by atoms with Crippen LogP contribution in [0.2, 0.25) is 0 Å². The third-order valence-electron chi connectivity index (χ3n) is 5.01. The molecule has 2 aromatic rings. The van der Waals surface area contributed by atoms with Gasteiger partial charge in [-0.15, -0.1) is 0 Å². The maximum Gasteiger partial charge on any atom is 0.297 e. The predicted octanol–water partition coefficient (Wildman–Crippen LogP) is 1.72. The molecule has 2 bridgehead atoms. The number of hydrogen-bond acceptors (Lipinski definition) is 5. The number of oxazole rings is 1. The molecule has 3 aliphatic rings. The summed E-state index contributed by atoms with van der Waals surface area (Å²) in [6, 6.07) is 6.28. The molecule has 3 saturated heterocycles. The fourth-order valence-corrected chi connectivity index (χ4v) is 3.69. The van der Waals surface area contributed by atoms with Gasteiger partial charge in [-0.1, -0.05) is 6.07 Å². The van der Waals surface area contributed by atoms with Crippen LogP contribution in [0.15, 0.2) is 22.6 Å². The van der Waals surface area contributed by atoms with Crippen molar-refractivity contribution in [3.05, 3.63) is 23.8 Å². The highest BCUT2D eigenvalue weighted by molar-refractivity contribution is 6.04.